The monoisotopic (exact) mass is 201 g/mol. The Morgan fingerprint density at radius 3 is 2.86 bits per heavy atom. The van der Waals surface area contributed by atoms with Gasteiger partial charge in [-0.2, -0.15) is 0 Å². The van der Waals surface area contributed by atoms with Crippen LogP contribution in [0.3, 0.4) is 0 Å². The highest BCUT2D eigenvalue weighted by molar-refractivity contribution is 5.46. The molecule has 0 radical (unpaired) electrons. The van der Waals surface area contributed by atoms with Gasteiger partial charge in [0.25, 0.3) is 0 Å². The molecule has 1 N–H and O–H groups in total. The number of rotatable bonds is 4. The summed E-state index contributed by atoms with van der Waals surface area (Å²) in [7, 11) is 0. The third-order valence-electron chi connectivity index (χ3n) is 1.48. The second kappa shape index (κ2) is 4.52. The van der Waals surface area contributed by atoms with Gasteiger partial charge in [0.2, 0.25) is 5.75 Å². The van der Waals surface area contributed by atoms with Gasteiger partial charge < -0.3 is 9.84 Å². The zero-order valence-electron chi connectivity index (χ0n) is 7.14. The molecular formula is C8H8FNO4. The average molecular weight is 201 g/mol. The van der Waals surface area contributed by atoms with Crippen molar-refractivity contribution >= 4 is 5.69 Å². The molecule has 6 heteroatoms. The van der Waals surface area contributed by atoms with E-state index in [1.165, 1.54) is 6.07 Å². The van der Waals surface area contributed by atoms with Gasteiger partial charge in [0.1, 0.15) is 6.61 Å². The number of halogens is 1. The van der Waals surface area contributed by atoms with E-state index in [4.69, 9.17) is 9.84 Å². The lowest BCUT2D eigenvalue weighted by atomic mass is 10.3. The molecule has 0 unspecified atom stereocenters. The first-order chi connectivity index (χ1) is 6.66. The van der Waals surface area contributed by atoms with Crippen molar-refractivity contribution in [3.8, 4) is 5.75 Å². The van der Waals surface area contributed by atoms with Crippen molar-refractivity contribution in [2.75, 3.05) is 13.2 Å². The van der Waals surface area contributed by atoms with Crippen LogP contribution < -0.4 is 4.74 Å². The Morgan fingerprint density at radius 2 is 2.29 bits per heavy atom. The van der Waals surface area contributed by atoms with Crippen LogP contribution in [0, 0.1) is 15.9 Å². The van der Waals surface area contributed by atoms with E-state index in [2.05, 4.69) is 0 Å². The number of ether oxygens (including phenoxy) is 1. The van der Waals surface area contributed by atoms with E-state index in [0.717, 1.165) is 12.1 Å². The molecule has 0 aliphatic heterocycles. The van der Waals surface area contributed by atoms with Crippen LogP contribution in [-0.2, 0) is 0 Å². The molecule has 5 nitrogen and oxygen atoms in total. The van der Waals surface area contributed by atoms with Gasteiger partial charge in [-0.3, -0.25) is 10.1 Å². The van der Waals surface area contributed by atoms with Gasteiger partial charge in [0.15, 0.2) is 5.82 Å². The van der Waals surface area contributed by atoms with Crippen LogP contribution >= 0.6 is 0 Å². The smallest absolute Gasteiger partial charge is 0.314 e. The van der Waals surface area contributed by atoms with Crippen molar-refractivity contribution in [1.29, 1.82) is 0 Å². The Kier molecular flexibility index (Phi) is 3.35. The summed E-state index contributed by atoms with van der Waals surface area (Å²) in [4.78, 5) is 9.69. The van der Waals surface area contributed by atoms with Gasteiger partial charge in [-0.1, -0.05) is 6.07 Å². The van der Waals surface area contributed by atoms with Crippen LogP contribution in [0.2, 0.25) is 0 Å². The first kappa shape index (κ1) is 10.4. The molecule has 14 heavy (non-hydrogen) atoms. The molecule has 0 saturated heterocycles. The molecule has 0 saturated carbocycles. The lowest BCUT2D eigenvalue weighted by Crippen LogP contribution is -2.05. The summed E-state index contributed by atoms with van der Waals surface area (Å²) in [6, 6.07) is 3.41. The zero-order valence-corrected chi connectivity index (χ0v) is 7.14. The maximum absolute atomic E-state index is 13.0. The SMILES string of the molecule is O=[N+]([O-])c1cccc(F)c1OCCO. The van der Waals surface area contributed by atoms with E-state index in [1.54, 1.807) is 0 Å². The standard InChI is InChI=1S/C8H8FNO4/c9-6-2-1-3-7(10(12)13)8(6)14-5-4-11/h1-3,11H,4-5H2. The second-order valence-corrected chi connectivity index (χ2v) is 2.42. The molecule has 0 atom stereocenters. The van der Waals surface area contributed by atoms with Gasteiger partial charge in [-0.25, -0.2) is 4.39 Å². The van der Waals surface area contributed by atoms with E-state index in [-0.39, 0.29) is 13.2 Å². The van der Waals surface area contributed by atoms with Gasteiger partial charge >= 0.3 is 5.69 Å². The Hall–Kier alpha value is -1.69. The molecule has 0 aromatic heterocycles. The normalized spacial score (nSPS) is 9.86. The first-order valence-corrected chi connectivity index (χ1v) is 3.83. The maximum Gasteiger partial charge on any atom is 0.314 e. The molecule has 0 amide bonds. The minimum Gasteiger partial charge on any atom is -0.482 e. The molecule has 0 aliphatic rings. The van der Waals surface area contributed by atoms with E-state index in [1.807, 2.05) is 0 Å². The summed E-state index contributed by atoms with van der Waals surface area (Å²) in [5, 5.41) is 18.9. The van der Waals surface area contributed by atoms with Gasteiger partial charge in [0, 0.05) is 6.07 Å². The van der Waals surface area contributed by atoms with Gasteiger partial charge in [-0.15, -0.1) is 0 Å². The van der Waals surface area contributed by atoms with Gasteiger partial charge in [-0.05, 0) is 6.07 Å². The van der Waals surface area contributed by atoms with Crippen molar-refractivity contribution in [3.63, 3.8) is 0 Å². The highest BCUT2D eigenvalue weighted by Gasteiger charge is 2.18. The number of nitro groups is 1. The quantitative estimate of drug-likeness (QED) is 0.584. The molecular weight excluding hydrogens is 193 g/mol. The van der Waals surface area contributed by atoms with Crippen molar-refractivity contribution in [1.82, 2.24) is 0 Å². The number of hydrogen-bond donors (Lipinski definition) is 1. The zero-order chi connectivity index (χ0) is 10.6. The summed E-state index contributed by atoms with van der Waals surface area (Å²) < 4.78 is 17.7. The predicted octanol–water partition coefficient (Wildman–Crippen LogP) is 1.10. The lowest BCUT2D eigenvalue weighted by Gasteiger charge is -2.05. The molecule has 1 aromatic carbocycles. The number of aliphatic hydroxyl groups excluding tert-OH is 1. The van der Waals surface area contributed by atoms with E-state index >= 15 is 0 Å². The fraction of sp³-hybridized carbons (Fsp3) is 0.250. The van der Waals surface area contributed by atoms with Crippen molar-refractivity contribution in [2.45, 2.75) is 0 Å². The van der Waals surface area contributed by atoms with Crippen LogP contribution in [-0.4, -0.2) is 23.2 Å². The minimum absolute atomic E-state index is 0.179. The third kappa shape index (κ3) is 2.17. The number of hydrogen-bond acceptors (Lipinski definition) is 4. The fourth-order valence-corrected chi connectivity index (χ4v) is 0.932. The average Bonchev–Trinajstić information content (AvgIpc) is 2.15. The molecule has 0 aliphatic carbocycles. The second-order valence-electron chi connectivity index (χ2n) is 2.42. The fourth-order valence-electron chi connectivity index (χ4n) is 0.932. The van der Waals surface area contributed by atoms with Crippen LogP contribution in [0.5, 0.6) is 5.75 Å². The molecule has 1 aromatic rings. The summed E-state index contributed by atoms with van der Waals surface area (Å²) in [5.74, 6) is -1.25. The van der Waals surface area contributed by atoms with Crippen molar-refractivity contribution < 1.29 is 19.2 Å². The predicted molar refractivity (Wildman–Crippen MR) is 45.6 cm³/mol. The molecule has 76 valence electrons. The number of nitro benzene ring substituents is 1. The van der Waals surface area contributed by atoms with Crippen molar-refractivity contribution in [2.24, 2.45) is 0 Å². The summed E-state index contributed by atoms with van der Waals surface area (Å²) >= 11 is 0. The van der Waals surface area contributed by atoms with Gasteiger partial charge in [0.05, 0.1) is 11.5 Å². The number of benzene rings is 1. The Balaban J connectivity index is 3.02. The number of para-hydroxylation sites is 1. The molecule has 0 fully saturated rings. The number of aliphatic hydroxyl groups is 1. The molecule has 0 bridgehead atoms. The molecule has 0 heterocycles. The summed E-state index contributed by atoms with van der Waals surface area (Å²) in [6.45, 7) is -0.507. The minimum atomic E-state index is -0.812. The number of nitrogens with zero attached hydrogens (tertiary/aromatic N) is 1. The Bertz CT molecular complexity index is 342. The lowest BCUT2D eigenvalue weighted by molar-refractivity contribution is -0.386. The van der Waals surface area contributed by atoms with Crippen LogP contribution in [0.25, 0.3) is 0 Å². The summed E-state index contributed by atoms with van der Waals surface area (Å²) in [5.41, 5.74) is -0.446. The van der Waals surface area contributed by atoms with E-state index in [0.29, 0.717) is 0 Å². The third-order valence-corrected chi connectivity index (χ3v) is 1.48. The molecule has 0 spiro atoms. The van der Waals surface area contributed by atoms with Crippen molar-refractivity contribution in [3.05, 3.63) is 34.1 Å². The first-order valence-electron chi connectivity index (χ1n) is 3.83. The topological polar surface area (TPSA) is 72.6 Å². The van der Waals surface area contributed by atoms with E-state index in [9.17, 15) is 14.5 Å². The van der Waals surface area contributed by atoms with E-state index < -0.39 is 22.2 Å². The Morgan fingerprint density at radius 1 is 1.57 bits per heavy atom. The summed E-state index contributed by atoms with van der Waals surface area (Å²) in [6.07, 6.45) is 0. The highest BCUT2D eigenvalue weighted by Crippen LogP contribution is 2.29. The van der Waals surface area contributed by atoms with Crippen LogP contribution in [0.4, 0.5) is 10.1 Å². The molecule has 1 rings (SSSR count). The Labute approximate surface area is 78.9 Å². The highest BCUT2D eigenvalue weighted by atomic mass is 19.1. The van der Waals surface area contributed by atoms with Crippen LogP contribution in [0.15, 0.2) is 18.2 Å². The van der Waals surface area contributed by atoms with Crippen LogP contribution in [0.1, 0.15) is 0 Å². The largest absolute Gasteiger partial charge is 0.482 e. The maximum atomic E-state index is 13.0.